The molecule has 1 aliphatic heterocycles. The third-order valence-corrected chi connectivity index (χ3v) is 2.03. The van der Waals surface area contributed by atoms with Crippen molar-refractivity contribution in [1.29, 1.82) is 0 Å². The summed E-state index contributed by atoms with van der Waals surface area (Å²) in [6, 6.07) is 0.243. The van der Waals surface area contributed by atoms with Crippen LogP contribution in [0.2, 0.25) is 0 Å². The lowest BCUT2D eigenvalue weighted by Gasteiger charge is -2.28. The van der Waals surface area contributed by atoms with Gasteiger partial charge in [-0.1, -0.05) is 0 Å². The highest BCUT2D eigenvalue weighted by atomic mass is 16.1. The molecule has 12 heavy (non-hydrogen) atoms. The van der Waals surface area contributed by atoms with E-state index < -0.39 is 0 Å². The van der Waals surface area contributed by atoms with E-state index in [1.165, 1.54) is 6.92 Å². The Bertz CT molecular complexity index is 174. The summed E-state index contributed by atoms with van der Waals surface area (Å²) in [7, 11) is 0. The topological polar surface area (TPSA) is 49.4 Å². The number of rotatable bonds is 2. The summed E-state index contributed by atoms with van der Waals surface area (Å²) in [5.41, 5.74) is 0. The quantitative estimate of drug-likeness (QED) is 0.614. The fourth-order valence-electron chi connectivity index (χ4n) is 1.40. The fraction of sp³-hybridized carbons (Fsp3) is 0.750. The van der Waals surface area contributed by atoms with Crippen LogP contribution in [0.25, 0.3) is 0 Å². The molecule has 0 aromatic heterocycles. The van der Waals surface area contributed by atoms with E-state index in [1.807, 2.05) is 6.41 Å². The number of nitrogens with one attached hydrogen (secondary N) is 1. The van der Waals surface area contributed by atoms with Gasteiger partial charge in [0.15, 0.2) is 0 Å². The molecule has 0 unspecified atom stereocenters. The predicted octanol–water partition coefficient (Wildman–Crippen LogP) is -0.346. The first-order valence-corrected chi connectivity index (χ1v) is 4.12. The molecule has 1 rings (SSSR count). The number of piperidine rings is 1. The van der Waals surface area contributed by atoms with Crippen molar-refractivity contribution in [2.75, 3.05) is 13.1 Å². The number of carbonyl (C=O) groups is 1. The highest BCUT2D eigenvalue weighted by molar-refractivity contribution is 5.73. The average Bonchev–Trinajstić information content (AvgIpc) is 2.05. The molecule has 67 valence electrons. The van der Waals surface area contributed by atoms with Crippen LogP contribution in [0.3, 0.4) is 0 Å². The van der Waals surface area contributed by atoms with E-state index >= 15 is 0 Å². The first kappa shape index (κ1) is 9.03. The minimum atomic E-state index is 0.00327. The van der Waals surface area contributed by atoms with E-state index in [9.17, 15) is 9.59 Å². The SMILES string of the molecule is CC(=O)NC1CCN([C]=O)CC1. The summed E-state index contributed by atoms with van der Waals surface area (Å²) in [4.78, 5) is 22.5. The van der Waals surface area contributed by atoms with E-state index in [0.29, 0.717) is 13.1 Å². The van der Waals surface area contributed by atoms with Crippen molar-refractivity contribution in [3.63, 3.8) is 0 Å². The second-order valence-corrected chi connectivity index (χ2v) is 3.05. The van der Waals surface area contributed by atoms with Crippen LogP contribution >= 0.6 is 0 Å². The summed E-state index contributed by atoms with van der Waals surface area (Å²) in [5, 5.41) is 2.83. The van der Waals surface area contributed by atoms with E-state index in [4.69, 9.17) is 0 Å². The molecule has 0 aromatic carbocycles. The normalized spacial score (nSPS) is 18.9. The zero-order chi connectivity index (χ0) is 8.97. The van der Waals surface area contributed by atoms with Crippen LogP contribution in [-0.4, -0.2) is 36.3 Å². The van der Waals surface area contributed by atoms with Gasteiger partial charge >= 0.3 is 6.41 Å². The third kappa shape index (κ3) is 2.53. The molecule has 1 radical (unpaired) electrons. The highest BCUT2D eigenvalue weighted by Gasteiger charge is 2.18. The van der Waals surface area contributed by atoms with E-state index in [0.717, 1.165) is 12.8 Å². The molecule has 1 saturated heterocycles. The van der Waals surface area contributed by atoms with Crippen LogP contribution in [-0.2, 0) is 9.59 Å². The number of hydrogen-bond donors (Lipinski definition) is 1. The van der Waals surface area contributed by atoms with Crippen LogP contribution < -0.4 is 5.32 Å². The van der Waals surface area contributed by atoms with Gasteiger partial charge < -0.3 is 10.2 Å². The monoisotopic (exact) mass is 169 g/mol. The van der Waals surface area contributed by atoms with Gasteiger partial charge in [0.2, 0.25) is 5.91 Å². The maximum atomic E-state index is 10.7. The van der Waals surface area contributed by atoms with Gasteiger partial charge in [-0.2, -0.15) is 0 Å². The summed E-state index contributed by atoms with van der Waals surface area (Å²) >= 11 is 0. The third-order valence-electron chi connectivity index (χ3n) is 2.03. The Labute approximate surface area is 71.9 Å². The maximum Gasteiger partial charge on any atom is 0.312 e. The van der Waals surface area contributed by atoms with Crippen LogP contribution in [0.15, 0.2) is 0 Å². The van der Waals surface area contributed by atoms with Gasteiger partial charge in [0, 0.05) is 26.1 Å². The molecule has 4 heteroatoms. The van der Waals surface area contributed by atoms with Gasteiger partial charge in [0.25, 0.3) is 0 Å². The molecule has 1 heterocycles. The van der Waals surface area contributed by atoms with Gasteiger partial charge in [-0.15, -0.1) is 0 Å². The van der Waals surface area contributed by atoms with E-state index in [2.05, 4.69) is 5.32 Å². The zero-order valence-corrected chi connectivity index (χ0v) is 7.17. The molecule has 0 aromatic rings. The molecule has 4 nitrogen and oxygen atoms in total. The van der Waals surface area contributed by atoms with Gasteiger partial charge in [0.1, 0.15) is 0 Å². The molecular weight excluding hydrogens is 156 g/mol. The molecule has 0 aliphatic carbocycles. The van der Waals surface area contributed by atoms with Crippen molar-refractivity contribution in [2.24, 2.45) is 0 Å². The minimum Gasteiger partial charge on any atom is -0.353 e. The molecule has 1 fully saturated rings. The second-order valence-electron chi connectivity index (χ2n) is 3.05. The van der Waals surface area contributed by atoms with E-state index in [1.54, 1.807) is 4.90 Å². The van der Waals surface area contributed by atoms with Crippen molar-refractivity contribution in [3.8, 4) is 0 Å². The van der Waals surface area contributed by atoms with Gasteiger partial charge in [0.05, 0.1) is 0 Å². The Balaban J connectivity index is 2.26. The molecule has 0 bridgehead atoms. The van der Waals surface area contributed by atoms with Gasteiger partial charge in [-0.25, -0.2) is 0 Å². The first-order valence-electron chi connectivity index (χ1n) is 4.12. The lowest BCUT2D eigenvalue weighted by atomic mass is 10.1. The van der Waals surface area contributed by atoms with Gasteiger partial charge in [-0.05, 0) is 12.8 Å². The minimum absolute atomic E-state index is 0.00327. The van der Waals surface area contributed by atoms with Crippen LogP contribution in [0, 0.1) is 0 Å². The first-order chi connectivity index (χ1) is 5.72. The molecule has 0 spiro atoms. The lowest BCUT2D eigenvalue weighted by Crippen LogP contribution is -2.43. The Morgan fingerprint density at radius 3 is 2.50 bits per heavy atom. The Hall–Kier alpha value is -1.06. The van der Waals surface area contributed by atoms with Crippen LogP contribution in [0.1, 0.15) is 19.8 Å². The number of amides is 2. The van der Waals surface area contributed by atoms with Crippen molar-refractivity contribution >= 4 is 12.3 Å². The fourth-order valence-corrected chi connectivity index (χ4v) is 1.40. The largest absolute Gasteiger partial charge is 0.353 e. The molecular formula is C8H13N2O2. The summed E-state index contributed by atoms with van der Waals surface area (Å²) in [6.07, 6.45) is 3.53. The lowest BCUT2D eigenvalue weighted by molar-refractivity contribution is -0.119. The summed E-state index contributed by atoms with van der Waals surface area (Å²) in [5.74, 6) is 0.00327. The molecule has 0 saturated carbocycles. The number of hydrogen-bond acceptors (Lipinski definition) is 2. The Morgan fingerprint density at radius 1 is 1.50 bits per heavy atom. The Morgan fingerprint density at radius 2 is 2.08 bits per heavy atom. The second kappa shape index (κ2) is 4.09. The number of carbonyl (C=O) groups excluding carboxylic acids is 2. The molecule has 2 amide bonds. The summed E-state index contributed by atoms with van der Waals surface area (Å²) in [6.45, 7) is 2.92. The smallest absolute Gasteiger partial charge is 0.312 e. The molecule has 1 aliphatic rings. The highest BCUT2D eigenvalue weighted by Crippen LogP contribution is 2.07. The zero-order valence-electron chi connectivity index (χ0n) is 7.17. The van der Waals surface area contributed by atoms with Crippen LogP contribution in [0.4, 0.5) is 0 Å². The standard InChI is InChI=1S/C8H13N2O2/c1-7(12)9-8-2-4-10(6-11)5-3-8/h8H,2-5H2,1H3,(H,9,12). The van der Waals surface area contributed by atoms with Crippen molar-refractivity contribution < 1.29 is 9.59 Å². The predicted molar refractivity (Wildman–Crippen MR) is 44.1 cm³/mol. The van der Waals surface area contributed by atoms with Crippen molar-refractivity contribution in [1.82, 2.24) is 10.2 Å². The number of nitrogens with zero attached hydrogens (tertiary/aromatic N) is 1. The average molecular weight is 169 g/mol. The van der Waals surface area contributed by atoms with E-state index in [-0.39, 0.29) is 11.9 Å². The van der Waals surface area contributed by atoms with Crippen molar-refractivity contribution in [3.05, 3.63) is 0 Å². The van der Waals surface area contributed by atoms with Crippen LogP contribution in [0.5, 0.6) is 0 Å². The number of likely N-dealkylation sites (tertiary alicyclic amines) is 1. The van der Waals surface area contributed by atoms with Gasteiger partial charge in [-0.3, -0.25) is 9.59 Å². The molecule has 1 N–H and O–H groups in total. The maximum absolute atomic E-state index is 10.7. The summed E-state index contributed by atoms with van der Waals surface area (Å²) < 4.78 is 0. The van der Waals surface area contributed by atoms with Crippen molar-refractivity contribution in [2.45, 2.75) is 25.8 Å². The Kier molecular flexibility index (Phi) is 3.08. The molecule has 0 atom stereocenters.